The van der Waals surface area contributed by atoms with Gasteiger partial charge in [0.1, 0.15) is 0 Å². The van der Waals surface area contributed by atoms with E-state index in [0.717, 1.165) is 30.5 Å². The predicted molar refractivity (Wildman–Crippen MR) is 79.6 cm³/mol. The van der Waals surface area contributed by atoms with E-state index in [1.807, 2.05) is 10.9 Å². The number of hydrogen-bond acceptors (Lipinski definition) is 3. The largest absolute Gasteiger partial charge is 0.310 e. The lowest BCUT2D eigenvalue weighted by molar-refractivity contribution is 0.643. The summed E-state index contributed by atoms with van der Waals surface area (Å²) in [4.78, 5) is 4.55. The van der Waals surface area contributed by atoms with E-state index in [9.17, 15) is 0 Å². The predicted octanol–water partition coefficient (Wildman–Crippen LogP) is 2.50. The van der Waals surface area contributed by atoms with Crippen molar-refractivity contribution in [2.75, 3.05) is 0 Å². The third-order valence-corrected chi connectivity index (χ3v) is 4.11. The molecule has 1 fully saturated rings. The van der Waals surface area contributed by atoms with Crippen LogP contribution in [0.2, 0.25) is 0 Å². The lowest BCUT2D eigenvalue weighted by Gasteiger charge is -2.06. The van der Waals surface area contributed by atoms with E-state index in [-0.39, 0.29) is 0 Å². The highest BCUT2D eigenvalue weighted by Crippen LogP contribution is 2.19. The van der Waals surface area contributed by atoms with Crippen molar-refractivity contribution in [3.05, 3.63) is 46.5 Å². The molecule has 0 bridgehead atoms. The first kappa shape index (κ1) is 13.3. The second-order valence-corrected chi connectivity index (χ2v) is 5.77. The maximum absolute atomic E-state index is 4.56. The summed E-state index contributed by atoms with van der Waals surface area (Å²) in [7, 11) is 0. The molecule has 106 valence electrons. The summed E-state index contributed by atoms with van der Waals surface area (Å²) in [5.41, 5.74) is 5.92. The summed E-state index contributed by atoms with van der Waals surface area (Å²) >= 11 is 0. The Balaban J connectivity index is 1.66. The van der Waals surface area contributed by atoms with Crippen LogP contribution in [-0.4, -0.2) is 20.8 Å². The molecule has 2 heterocycles. The van der Waals surface area contributed by atoms with Crippen molar-refractivity contribution in [2.45, 2.75) is 52.7 Å². The first-order valence-corrected chi connectivity index (χ1v) is 7.31. The number of hydrogen-bond donors (Lipinski definition) is 1. The molecule has 0 saturated heterocycles. The summed E-state index contributed by atoms with van der Waals surface area (Å²) < 4.78 is 2.04. The van der Waals surface area contributed by atoms with E-state index in [4.69, 9.17) is 0 Å². The van der Waals surface area contributed by atoms with Gasteiger partial charge in [-0.2, -0.15) is 5.10 Å². The van der Waals surface area contributed by atoms with Crippen LogP contribution in [0, 0.1) is 20.8 Å². The fraction of sp³-hybridized carbons (Fsp3) is 0.500. The number of aromatic nitrogens is 3. The first-order chi connectivity index (χ1) is 9.63. The van der Waals surface area contributed by atoms with Gasteiger partial charge < -0.3 is 5.32 Å². The molecule has 0 spiro atoms. The minimum Gasteiger partial charge on any atom is -0.310 e. The van der Waals surface area contributed by atoms with Crippen LogP contribution < -0.4 is 5.32 Å². The number of aryl methyl sites for hydroxylation is 1. The van der Waals surface area contributed by atoms with Crippen molar-refractivity contribution in [1.82, 2.24) is 20.1 Å². The number of pyridine rings is 1. The van der Waals surface area contributed by atoms with E-state index in [1.54, 1.807) is 0 Å². The zero-order chi connectivity index (χ0) is 14.1. The molecule has 1 saturated carbocycles. The van der Waals surface area contributed by atoms with Crippen molar-refractivity contribution in [1.29, 1.82) is 0 Å². The fourth-order valence-corrected chi connectivity index (χ4v) is 2.30. The quantitative estimate of drug-likeness (QED) is 0.907. The maximum atomic E-state index is 4.56. The van der Waals surface area contributed by atoms with Crippen molar-refractivity contribution in [3.8, 4) is 0 Å². The van der Waals surface area contributed by atoms with Crippen LogP contribution in [0.25, 0.3) is 0 Å². The van der Waals surface area contributed by atoms with Gasteiger partial charge in [-0.15, -0.1) is 0 Å². The van der Waals surface area contributed by atoms with Crippen molar-refractivity contribution >= 4 is 0 Å². The van der Waals surface area contributed by atoms with Gasteiger partial charge in [-0.05, 0) is 50.8 Å². The summed E-state index contributed by atoms with van der Waals surface area (Å²) in [6.07, 6.45) is 4.62. The fourth-order valence-electron chi connectivity index (χ4n) is 2.30. The van der Waals surface area contributed by atoms with Gasteiger partial charge in [0, 0.05) is 24.5 Å². The topological polar surface area (TPSA) is 42.7 Å². The average Bonchev–Trinajstić information content (AvgIpc) is 3.24. The molecule has 0 amide bonds. The van der Waals surface area contributed by atoms with Gasteiger partial charge in [-0.1, -0.05) is 6.07 Å². The zero-order valence-electron chi connectivity index (χ0n) is 12.5. The third kappa shape index (κ3) is 2.90. The van der Waals surface area contributed by atoms with Gasteiger partial charge in [-0.3, -0.25) is 9.67 Å². The number of rotatable bonds is 5. The van der Waals surface area contributed by atoms with Gasteiger partial charge in [-0.25, -0.2) is 0 Å². The van der Waals surface area contributed by atoms with Crippen molar-refractivity contribution in [2.24, 2.45) is 0 Å². The second kappa shape index (κ2) is 5.37. The monoisotopic (exact) mass is 270 g/mol. The molecule has 1 aliphatic rings. The Morgan fingerprint density at radius 3 is 2.60 bits per heavy atom. The zero-order valence-corrected chi connectivity index (χ0v) is 12.5. The Bertz CT molecular complexity index is 594. The molecule has 0 aromatic carbocycles. The van der Waals surface area contributed by atoms with Crippen LogP contribution in [0.4, 0.5) is 0 Å². The lowest BCUT2D eigenvalue weighted by atomic mass is 10.2. The second-order valence-electron chi connectivity index (χ2n) is 5.77. The summed E-state index contributed by atoms with van der Waals surface area (Å²) in [6.45, 7) is 7.96. The molecule has 1 N–H and O–H groups in total. The molecular weight excluding hydrogens is 248 g/mol. The van der Waals surface area contributed by atoms with Crippen LogP contribution in [0.1, 0.15) is 41.1 Å². The van der Waals surface area contributed by atoms with Gasteiger partial charge in [0.2, 0.25) is 0 Å². The molecule has 0 atom stereocenters. The minimum atomic E-state index is 0.743. The van der Waals surface area contributed by atoms with Gasteiger partial charge in [0.05, 0.1) is 17.9 Å². The SMILES string of the molecule is Cc1nn(Cc2ccc(CNC3CC3)cn2)c(C)c1C. The molecule has 3 rings (SSSR count). The lowest BCUT2D eigenvalue weighted by Crippen LogP contribution is -2.15. The average molecular weight is 270 g/mol. The first-order valence-electron chi connectivity index (χ1n) is 7.31. The number of nitrogens with zero attached hydrogens (tertiary/aromatic N) is 3. The van der Waals surface area contributed by atoms with E-state index in [2.05, 4.69) is 48.3 Å². The molecule has 0 radical (unpaired) electrons. The van der Waals surface area contributed by atoms with E-state index >= 15 is 0 Å². The van der Waals surface area contributed by atoms with Gasteiger partial charge in [0.15, 0.2) is 0 Å². The Morgan fingerprint density at radius 2 is 2.05 bits per heavy atom. The Hall–Kier alpha value is -1.68. The standard InChI is InChI=1S/C16H22N4/c1-11-12(2)19-20(13(11)3)10-16-5-4-14(9-18-16)8-17-15-6-7-15/h4-5,9,15,17H,6-8,10H2,1-3H3. The van der Waals surface area contributed by atoms with Gasteiger partial charge in [0.25, 0.3) is 0 Å². The van der Waals surface area contributed by atoms with Crippen LogP contribution in [0.15, 0.2) is 18.3 Å². The van der Waals surface area contributed by atoms with E-state index < -0.39 is 0 Å². The van der Waals surface area contributed by atoms with Crippen molar-refractivity contribution in [3.63, 3.8) is 0 Å². The van der Waals surface area contributed by atoms with E-state index in [0.29, 0.717) is 0 Å². The Morgan fingerprint density at radius 1 is 1.25 bits per heavy atom. The Labute approximate surface area is 120 Å². The molecule has 2 aromatic rings. The molecule has 0 unspecified atom stereocenters. The molecule has 4 heteroatoms. The smallest absolute Gasteiger partial charge is 0.0834 e. The molecule has 4 nitrogen and oxygen atoms in total. The third-order valence-electron chi connectivity index (χ3n) is 4.11. The summed E-state index contributed by atoms with van der Waals surface area (Å²) in [5, 5.41) is 8.06. The van der Waals surface area contributed by atoms with Crippen molar-refractivity contribution < 1.29 is 0 Å². The number of nitrogens with one attached hydrogen (secondary N) is 1. The molecule has 2 aromatic heterocycles. The minimum absolute atomic E-state index is 0.743. The normalized spacial score (nSPS) is 14.8. The molecular formula is C16H22N4. The van der Waals surface area contributed by atoms with Crippen LogP contribution in [0.5, 0.6) is 0 Å². The van der Waals surface area contributed by atoms with Crippen LogP contribution in [-0.2, 0) is 13.1 Å². The van der Waals surface area contributed by atoms with Gasteiger partial charge >= 0.3 is 0 Å². The Kier molecular flexibility index (Phi) is 3.57. The summed E-state index contributed by atoms with van der Waals surface area (Å²) in [6, 6.07) is 5.01. The molecule has 1 aliphatic carbocycles. The highest BCUT2D eigenvalue weighted by atomic mass is 15.3. The van der Waals surface area contributed by atoms with Crippen LogP contribution >= 0.6 is 0 Å². The molecule has 0 aliphatic heterocycles. The van der Waals surface area contributed by atoms with E-state index in [1.165, 1.54) is 29.7 Å². The highest BCUT2D eigenvalue weighted by molar-refractivity contribution is 5.23. The van der Waals surface area contributed by atoms with Crippen LogP contribution in [0.3, 0.4) is 0 Å². The summed E-state index contributed by atoms with van der Waals surface area (Å²) in [5.74, 6) is 0. The maximum Gasteiger partial charge on any atom is 0.0834 e. The molecule has 20 heavy (non-hydrogen) atoms. The highest BCUT2D eigenvalue weighted by Gasteiger charge is 2.19.